The van der Waals surface area contributed by atoms with Crippen molar-refractivity contribution < 1.29 is 14.6 Å². The number of halogens is 1. The van der Waals surface area contributed by atoms with E-state index in [1.165, 1.54) is 12.8 Å². The van der Waals surface area contributed by atoms with Crippen molar-refractivity contribution in [1.29, 1.82) is 0 Å². The minimum Gasteiger partial charge on any atom is -0.508 e. The fourth-order valence-electron chi connectivity index (χ4n) is 1.94. The summed E-state index contributed by atoms with van der Waals surface area (Å²) in [6.07, 6.45) is 2.72. The lowest BCUT2D eigenvalue weighted by Gasteiger charge is -2.13. The van der Waals surface area contributed by atoms with Crippen LogP contribution in [-0.4, -0.2) is 48.3 Å². The van der Waals surface area contributed by atoms with E-state index in [4.69, 9.17) is 9.47 Å². The number of aromatic hydroxyl groups is 1. The number of hydrogen-bond acceptors (Lipinski definition) is 6. The maximum absolute atomic E-state index is 9.19. The molecule has 0 fully saturated rings. The summed E-state index contributed by atoms with van der Waals surface area (Å²) in [5.74, 6) is 3.64. The summed E-state index contributed by atoms with van der Waals surface area (Å²) in [5, 5.41) is 17.4. The molecule has 1 aliphatic rings. The predicted octanol–water partition coefficient (Wildman–Crippen LogP) is 6.24. The van der Waals surface area contributed by atoms with Crippen LogP contribution in [0.2, 0.25) is 0 Å². The van der Waals surface area contributed by atoms with Gasteiger partial charge in [-0.15, -0.1) is 21.8 Å². The van der Waals surface area contributed by atoms with Crippen molar-refractivity contribution in [2.24, 2.45) is 10.2 Å². The molecule has 166 valence electrons. The van der Waals surface area contributed by atoms with Crippen molar-refractivity contribution in [2.75, 3.05) is 31.6 Å². The first-order chi connectivity index (χ1) is 14.6. The first kappa shape index (κ1) is 27.8. The van der Waals surface area contributed by atoms with Gasteiger partial charge in [-0.2, -0.15) is 11.8 Å². The Balaban J connectivity index is 0.000000539. The number of ether oxygens (including phenoxy) is 2. The van der Waals surface area contributed by atoms with Gasteiger partial charge in [-0.1, -0.05) is 45.4 Å². The van der Waals surface area contributed by atoms with Crippen molar-refractivity contribution in [3.8, 4) is 11.5 Å². The Hall–Kier alpha value is -2.18. The molecule has 0 radical (unpaired) electrons. The quantitative estimate of drug-likeness (QED) is 0.545. The van der Waals surface area contributed by atoms with Crippen molar-refractivity contribution in [3.05, 3.63) is 60.2 Å². The van der Waals surface area contributed by atoms with Crippen molar-refractivity contribution >= 4 is 35.0 Å². The molecule has 0 atom stereocenters. The van der Waals surface area contributed by atoms with Gasteiger partial charge < -0.3 is 14.6 Å². The molecule has 3 rings (SSSR count). The highest BCUT2D eigenvalue weighted by Gasteiger charge is 2.12. The number of nitrogens with zero attached hydrogens (tertiary/aromatic N) is 2. The topological polar surface area (TPSA) is 63.4 Å². The summed E-state index contributed by atoms with van der Waals surface area (Å²) in [6, 6.07) is 16.5. The number of methoxy groups -OCH3 is 1. The summed E-state index contributed by atoms with van der Waals surface area (Å²) in [7, 11) is 1.66. The highest BCUT2D eigenvalue weighted by atomic mass is 35.5. The Morgan fingerprint density at radius 2 is 1.60 bits per heavy atom. The molecule has 1 N–H and O–H groups in total. The molecule has 0 unspecified atom stereocenters. The zero-order valence-corrected chi connectivity index (χ0v) is 20.0. The summed E-state index contributed by atoms with van der Waals surface area (Å²) >= 11 is 6.39. The standard InChI is InChI=1S/C12H14N2O2S.C7H8O.C3H8.CH3Cl/c1-2-17-8-12-14-13-11(7-16-12)9-3-5-10(15)6-4-9;1-8-7-5-3-2-4-6-7;1-3-2;1-2/h3-6,15H,2,7-8H2,1H3;2-6H,1H3;3H2,1-2H3;1H3. The van der Waals surface area contributed by atoms with Gasteiger partial charge in [0.1, 0.15) is 23.8 Å². The molecule has 0 bridgehead atoms. The molecule has 1 aliphatic heterocycles. The van der Waals surface area contributed by atoms with E-state index in [1.807, 2.05) is 30.3 Å². The van der Waals surface area contributed by atoms with E-state index in [0.29, 0.717) is 12.5 Å². The highest BCUT2D eigenvalue weighted by Crippen LogP contribution is 2.13. The lowest BCUT2D eigenvalue weighted by molar-refractivity contribution is 0.354. The first-order valence-electron chi connectivity index (χ1n) is 9.74. The lowest BCUT2D eigenvalue weighted by Crippen LogP contribution is -2.20. The lowest BCUT2D eigenvalue weighted by atomic mass is 10.1. The maximum atomic E-state index is 9.19. The number of phenolic OH excluding ortho intramolecular Hbond substituents is 1. The molecule has 0 amide bonds. The third-order valence-electron chi connectivity index (χ3n) is 3.27. The van der Waals surface area contributed by atoms with Gasteiger partial charge in [-0.3, -0.25) is 0 Å². The Morgan fingerprint density at radius 3 is 2.03 bits per heavy atom. The summed E-state index contributed by atoms with van der Waals surface area (Å²) in [5.41, 5.74) is 1.71. The molecule has 1 heterocycles. The van der Waals surface area contributed by atoms with Crippen LogP contribution in [-0.2, 0) is 4.74 Å². The van der Waals surface area contributed by atoms with Crippen LogP contribution in [0.4, 0.5) is 0 Å². The van der Waals surface area contributed by atoms with E-state index >= 15 is 0 Å². The summed E-state index contributed by atoms with van der Waals surface area (Å²) < 4.78 is 10.4. The average Bonchev–Trinajstić information content (AvgIpc) is 2.81. The molecule has 0 aliphatic carbocycles. The third kappa shape index (κ3) is 12.4. The fourth-order valence-corrected chi connectivity index (χ4v) is 2.46. The number of alkyl halides is 1. The second-order valence-corrected chi connectivity index (χ2v) is 7.01. The number of thioether (sulfide) groups is 1. The van der Waals surface area contributed by atoms with Crippen LogP contribution >= 0.6 is 23.4 Å². The maximum Gasteiger partial charge on any atom is 0.219 e. The molecule has 5 nitrogen and oxygen atoms in total. The van der Waals surface area contributed by atoms with Crippen LogP contribution < -0.4 is 4.74 Å². The smallest absolute Gasteiger partial charge is 0.219 e. The summed E-state index contributed by atoms with van der Waals surface area (Å²) in [4.78, 5) is 0. The molecule has 0 saturated heterocycles. The fraction of sp³-hybridized carbons (Fsp3) is 0.391. The molecular weight excluding hydrogens is 420 g/mol. The number of rotatable bonds is 5. The van der Waals surface area contributed by atoms with Crippen molar-refractivity contribution in [1.82, 2.24) is 0 Å². The monoisotopic (exact) mass is 452 g/mol. The largest absolute Gasteiger partial charge is 0.508 e. The zero-order chi connectivity index (χ0) is 22.6. The molecule has 2 aromatic carbocycles. The number of benzene rings is 2. The molecule has 2 aromatic rings. The van der Waals surface area contributed by atoms with E-state index in [2.05, 4.69) is 42.6 Å². The van der Waals surface area contributed by atoms with Crippen LogP contribution in [0.3, 0.4) is 0 Å². The van der Waals surface area contributed by atoms with E-state index in [-0.39, 0.29) is 5.75 Å². The van der Waals surface area contributed by atoms with E-state index in [0.717, 1.165) is 28.5 Å². The van der Waals surface area contributed by atoms with Crippen molar-refractivity contribution in [2.45, 2.75) is 27.2 Å². The van der Waals surface area contributed by atoms with Gasteiger partial charge in [-0.05, 0) is 42.2 Å². The minimum absolute atomic E-state index is 0.245. The van der Waals surface area contributed by atoms with Gasteiger partial charge in [0.2, 0.25) is 5.90 Å². The molecule has 0 saturated carbocycles. The second-order valence-electron chi connectivity index (χ2n) is 5.74. The van der Waals surface area contributed by atoms with Gasteiger partial charge in [0.15, 0.2) is 0 Å². The van der Waals surface area contributed by atoms with Crippen LogP contribution in [0, 0.1) is 0 Å². The van der Waals surface area contributed by atoms with Crippen LogP contribution in [0.25, 0.3) is 0 Å². The van der Waals surface area contributed by atoms with E-state index in [9.17, 15) is 5.11 Å². The normalized spacial score (nSPS) is 11.5. The van der Waals surface area contributed by atoms with Crippen LogP contribution in [0.15, 0.2) is 64.8 Å². The first-order valence-corrected chi connectivity index (χ1v) is 11.7. The highest BCUT2D eigenvalue weighted by molar-refractivity contribution is 7.99. The van der Waals surface area contributed by atoms with Crippen LogP contribution in [0.5, 0.6) is 11.5 Å². The van der Waals surface area contributed by atoms with Crippen molar-refractivity contribution in [3.63, 3.8) is 0 Å². The number of para-hydroxylation sites is 1. The molecule has 7 heteroatoms. The Morgan fingerprint density at radius 1 is 1.00 bits per heavy atom. The number of hydrogen-bond donors (Lipinski definition) is 1. The third-order valence-corrected chi connectivity index (χ3v) is 4.13. The molecular formula is C23H33ClN2O3S. The zero-order valence-electron chi connectivity index (χ0n) is 18.5. The van der Waals surface area contributed by atoms with Gasteiger partial charge in [0.25, 0.3) is 0 Å². The van der Waals surface area contributed by atoms with E-state index in [1.54, 1.807) is 43.1 Å². The average molecular weight is 453 g/mol. The van der Waals surface area contributed by atoms with Gasteiger partial charge in [0.05, 0.1) is 12.9 Å². The molecule has 0 spiro atoms. The predicted molar refractivity (Wildman–Crippen MR) is 132 cm³/mol. The SMILES string of the molecule is CCC.CCSCC1=NN=C(c2ccc(O)cc2)CO1.CCl.COc1ccccc1. The van der Waals surface area contributed by atoms with Crippen LogP contribution in [0.1, 0.15) is 32.8 Å². The number of phenols is 1. The Kier molecular flexibility index (Phi) is 17.5. The van der Waals surface area contributed by atoms with Gasteiger partial charge in [0, 0.05) is 11.9 Å². The van der Waals surface area contributed by atoms with Gasteiger partial charge >= 0.3 is 0 Å². The van der Waals surface area contributed by atoms with E-state index < -0.39 is 0 Å². The second kappa shape index (κ2) is 18.8. The minimum atomic E-state index is 0.245. The molecule has 0 aromatic heterocycles. The Labute approximate surface area is 190 Å². The molecule has 30 heavy (non-hydrogen) atoms. The Bertz CT molecular complexity index is 723. The summed E-state index contributed by atoms with van der Waals surface area (Å²) in [6.45, 7) is 6.78. The van der Waals surface area contributed by atoms with Gasteiger partial charge in [-0.25, -0.2) is 0 Å².